The molecule has 0 heterocycles. The molecule has 168 valence electrons. The normalized spacial score (nSPS) is 12.5. The molecule has 0 radical (unpaired) electrons. The lowest BCUT2D eigenvalue weighted by Crippen LogP contribution is -2.42. The fraction of sp³-hybridized carbons (Fsp3) is 0.208. The summed E-state index contributed by atoms with van der Waals surface area (Å²) in [4.78, 5) is 12.7. The van der Waals surface area contributed by atoms with Crippen LogP contribution >= 0.6 is 23.2 Å². The van der Waals surface area contributed by atoms with E-state index in [1.54, 1.807) is 0 Å². The Kier molecular flexibility index (Phi) is 8.32. The molecule has 0 aliphatic rings. The van der Waals surface area contributed by atoms with Gasteiger partial charge in [0.1, 0.15) is 4.90 Å². The molecule has 0 bridgehead atoms. The number of benzene rings is 3. The maximum absolute atomic E-state index is 13.4. The fourth-order valence-electron chi connectivity index (χ4n) is 3.27. The van der Waals surface area contributed by atoms with Gasteiger partial charge in [0.25, 0.3) is 0 Å². The summed E-state index contributed by atoms with van der Waals surface area (Å²) in [7, 11) is -4.06. The number of halogens is 2. The fourth-order valence-corrected chi connectivity index (χ4v) is 5.40. The van der Waals surface area contributed by atoms with Gasteiger partial charge < -0.3 is 5.32 Å². The molecule has 5 nitrogen and oxygen atoms in total. The van der Waals surface area contributed by atoms with E-state index in [1.807, 2.05) is 67.6 Å². The third kappa shape index (κ3) is 6.33. The first-order valence-corrected chi connectivity index (χ1v) is 12.3. The van der Waals surface area contributed by atoms with Crippen molar-refractivity contribution < 1.29 is 13.2 Å². The minimum absolute atomic E-state index is 0.0529. The Labute approximate surface area is 199 Å². The molecule has 1 N–H and O–H groups in total. The average molecular weight is 491 g/mol. The molecule has 0 aromatic heterocycles. The van der Waals surface area contributed by atoms with Crippen molar-refractivity contribution in [2.75, 3.05) is 13.1 Å². The number of amides is 1. The van der Waals surface area contributed by atoms with Gasteiger partial charge in [0.15, 0.2) is 0 Å². The van der Waals surface area contributed by atoms with Crippen LogP contribution in [-0.2, 0) is 21.2 Å². The van der Waals surface area contributed by atoms with Crippen molar-refractivity contribution in [3.63, 3.8) is 0 Å². The van der Waals surface area contributed by atoms with E-state index in [0.717, 1.165) is 15.4 Å². The van der Waals surface area contributed by atoms with Crippen molar-refractivity contribution in [2.24, 2.45) is 0 Å². The second kappa shape index (κ2) is 11.0. The monoisotopic (exact) mass is 490 g/mol. The van der Waals surface area contributed by atoms with Crippen LogP contribution in [0.15, 0.2) is 83.8 Å². The Balaban J connectivity index is 1.83. The zero-order valence-corrected chi connectivity index (χ0v) is 19.9. The topological polar surface area (TPSA) is 66.5 Å². The van der Waals surface area contributed by atoms with Crippen LogP contribution in [0, 0.1) is 0 Å². The highest BCUT2D eigenvalue weighted by Gasteiger charge is 2.29. The Morgan fingerprint density at radius 3 is 2.25 bits per heavy atom. The molecule has 1 amide bonds. The van der Waals surface area contributed by atoms with Crippen LogP contribution < -0.4 is 5.32 Å². The van der Waals surface area contributed by atoms with Gasteiger partial charge in [-0.1, -0.05) is 83.9 Å². The Hall–Kier alpha value is -2.38. The molecule has 32 heavy (non-hydrogen) atoms. The van der Waals surface area contributed by atoms with E-state index >= 15 is 0 Å². The Bertz CT molecular complexity index is 1160. The summed E-state index contributed by atoms with van der Waals surface area (Å²) in [6.07, 6.45) is 0.444. The van der Waals surface area contributed by atoms with Crippen LogP contribution in [0.25, 0.3) is 0 Å². The van der Waals surface area contributed by atoms with Gasteiger partial charge in [0, 0.05) is 11.6 Å². The summed E-state index contributed by atoms with van der Waals surface area (Å²) in [6, 6.07) is 22.9. The maximum Gasteiger partial charge on any atom is 0.245 e. The van der Waals surface area contributed by atoms with Gasteiger partial charge in [0.05, 0.1) is 17.6 Å². The number of sulfonamides is 1. The van der Waals surface area contributed by atoms with Crippen molar-refractivity contribution in [1.29, 1.82) is 0 Å². The van der Waals surface area contributed by atoms with Crippen LogP contribution in [0.3, 0.4) is 0 Å². The molecular formula is C24H24Cl2N2O3S. The Morgan fingerprint density at radius 2 is 1.59 bits per heavy atom. The van der Waals surface area contributed by atoms with Gasteiger partial charge in [-0.25, -0.2) is 8.42 Å². The molecule has 3 aromatic carbocycles. The summed E-state index contributed by atoms with van der Waals surface area (Å²) in [6.45, 7) is 1.63. The lowest BCUT2D eigenvalue weighted by Gasteiger charge is -2.24. The molecule has 0 spiro atoms. The molecule has 1 atom stereocenters. The van der Waals surface area contributed by atoms with Crippen molar-refractivity contribution in [3.8, 4) is 0 Å². The first-order chi connectivity index (χ1) is 15.3. The van der Waals surface area contributed by atoms with Crippen molar-refractivity contribution in [1.82, 2.24) is 9.62 Å². The SMILES string of the molecule is C[C@@H](NC(=O)CN(CCc1ccccc1)S(=O)(=O)c1cc(Cl)ccc1Cl)c1ccccc1. The average Bonchev–Trinajstić information content (AvgIpc) is 2.79. The second-order valence-corrected chi connectivity index (χ2v) is 10.1. The number of rotatable bonds is 9. The highest BCUT2D eigenvalue weighted by Crippen LogP contribution is 2.28. The minimum Gasteiger partial charge on any atom is -0.348 e. The summed E-state index contributed by atoms with van der Waals surface area (Å²) in [5.74, 6) is -0.406. The van der Waals surface area contributed by atoms with E-state index in [1.165, 1.54) is 18.2 Å². The van der Waals surface area contributed by atoms with Gasteiger partial charge in [0.2, 0.25) is 15.9 Å². The third-order valence-corrected chi connectivity index (χ3v) is 7.56. The quantitative estimate of drug-likeness (QED) is 0.453. The lowest BCUT2D eigenvalue weighted by atomic mass is 10.1. The maximum atomic E-state index is 13.4. The zero-order valence-electron chi connectivity index (χ0n) is 17.5. The highest BCUT2D eigenvalue weighted by molar-refractivity contribution is 7.89. The molecular weight excluding hydrogens is 467 g/mol. The number of hydrogen-bond acceptors (Lipinski definition) is 3. The predicted octanol–water partition coefficient (Wildman–Crippen LogP) is 5.10. The molecule has 0 saturated carbocycles. The van der Waals surface area contributed by atoms with Gasteiger partial charge in [-0.05, 0) is 42.7 Å². The van der Waals surface area contributed by atoms with E-state index in [2.05, 4.69) is 5.32 Å². The number of hydrogen-bond donors (Lipinski definition) is 1. The van der Waals surface area contributed by atoms with Crippen LogP contribution in [0.1, 0.15) is 24.1 Å². The van der Waals surface area contributed by atoms with Crippen LogP contribution in [0.2, 0.25) is 10.0 Å². The van der Waals surface area contributed by atoms with Crippen LogP contribution in [0.5, 0.6) is 0 Å². The molecule has 0 fully saturated rings. The first-order valence-electron chi connectivity index (χ1n) is 10.1. The molecule has 8 heteroatoms. The number of nitrogens with one attached hydrogen (secondary N) is 1. The second-order valence-electron chi connectivity index (χ2n) is 7.35. The summed E-state index contributed by atoms with van der Waals surface area (Å²) in [5.41, 5.74) is 1.89. The predicted molar refractivity (Wildman–Crippen MR) is 128 cm³/mol. The lowest BCUT2D eigenvalue weighted by molar-refractivity contribution is -0.121. The van der Waals surface area contributed by atoms with Gasteiger partial charge in [-0.15, -0.1) is 0 Å². The minimum atomic E-state index is -4.06. The van der Waals surface area contributed by atoms with E-state index in [4.69, 9.17) is 23.2 Å². The van der Waals surface area contributed by atoms with E-state index in [0.29, 0.717) is 6.42 Å². The van der Waals surface area contributed by atoms with Gasteiger partial charge >= 0.3 is 0 Å². The molecule has 3 aromatic rings. The van der Waals surface area contributed by atoms with E-state index < -0.39 is 15.9 Å². The number of nitrogens with zero attached hydrogens (tertiary/aromatic N) is 1. The molecule has 0 unspecified atom stereocenters. The molecule has 3 rings (SSSR count). The van der Waals surface area contributed by atoms with Gasteiger partial charge in [-0.2, -0.15) is 4.31 Å². The van der Waals surface area contributed by atoms with Crippen LogP contribution in [0.4, 0.5) is 0 Å². The van der Waals surface area contributed by atoms with E-state index in [9.17, 15) is 13.2 Å². The molecule has 0 saturated heterocycles. The standard InChI is InChI=1S/C24H24Cl2N2O3S/c1-18(20-10-6-3-7-11-20)27-24(29)17-28(15-14-19-8-4-2-5-9-19)32(30,31)23-16-21(25)12-13-22(23)26/h2-13,16,18H,14-15,17H2,1H3,(H,27,29)/t18-/m1/s1. The molecule has 0 aliphatic heterocycles. The van der Waals surface area contributed by atoms with Crippen molar-refractivity contribution in [3.05, 3.63) is 100 Å². The third-order valence-electron chi connectivity index (χ3n) is 5.00. The van der Waals surface area contributed by atoms with E-state index in [-0.39, 0.29) is 34.1 Å². The van der Waals surface area contributed by atoms with Crippen molar-refractivity contribution >= 4 is 39.1 Å². The summed E-state index contributed by atoms with van der Waals surface area (Å²) < 4.78 is 28.0. The molecule has 0 aliphatic carbocycles. The number of carbonyl (C=O) groups is 1. The first kappa shape index (κ1) is 24.3. The largest absolute Gasteiger partial charge is 0.348 e. The zero-order chi connectivity index (χ0) is 23.1. The van der Waals surface area contributed by atoms with Crippen molar-refractivity contribution in [2.45, 2.75) is 24.3 Å². The van der Waals surface area contributed by atoms with Crippen LogP contribution in [-0.4, -0.2) is 31.7 Å². The summed E-state index contributed by atoms with van der Waals surface area (Å²) in [5, 5.41) is 3.17. The smallest absolute Gasteiger partial charge is 0.245 e. The highest BCUT2D eigenvalue weighted by atomic mass is 35.5. The Morgan fingerprint density at radius 1 is 0.969 bits per heavy atom. The van der Waals surface area contributed by atoms with Gasteiger partial charge in [-0.3, -0.25) is 4.79 Å². The summed E-state index contributed by atoms with van der Waals surface area (Å²) >= 11 is 12.2. The number of carbonyl (C=O) groups excluding carboxylic acids is 1.